The van der Waals surface area contributed by atoms with Crippen molar-refractivity contribution in [3.63, 3.8) is 0 Å². The van der Waals surface area contributed by atoms with Crippen LogP contribution in [0.3, 0.4) is 0 Å². The summed E-state index contributed by atoms with van der Waals surface area (Å²) in [4.78, 5) is 11.6. The molecule has 2 nitrogen and oxygen atoms in total. The second kappa shape index (κ2) is 5.39. The van der Waals surface area contributed by atoms with Crippen LogP contribution in [0.5, 0.6) is 0 Å². The molecule has 0 spiro atoms. The molecular formula is C14H22O2. The summed E-state index contributed by atoms with van der Waals surface area (Å²) < 4.78 is 5.31. The summed E-state index contributed by atoms with van der Waals surface area (Å²) in [5, 5.41) is 0. The summed E-state index contributed by atoms with van der Waals surface area (Å²) in [6, 6.07) is 0. The Morgan fingerprint density at radius 3 is 2.31 bits per heavy atom. The van der Waals surface area contributed by atoms with Gasteiger partial charge in [-0.1, -0.05) is 0 Å². The fourth-order valence-electron chi connectivity index (χ4n) is 2.15. The molecule has 1 rings (SSSR count). The van der Waals surface area contributed by atoms with Gasteiger partial charge in [-0.25, -0.2) is 0 Å². The first-order chi connectivity index (χ1) is 7.40. The lowest BCUT2D eigenvalue weighted by Gasteiger charge is -2.26. The molecule has 90 valence electrons. The number of hydrogen-bond donors (Lipinski definition) is 0. The predicted molar refractivity (Wildman–Crippen MR) is 64.7 cm³/mol. The van der Waals surface area contributed by atoms with Gasteiger partial charge in [0.2, 0.25) is 0 Å². The number of carbonyl (C=O) groups excluding carboxylic acids is 1. The standard InChI is InChI=1S/C14H22O2/c1-5-11-6-8-12(9-7-11)10-13(15)16-14(2,3)4/h1,11-12H,6-10H2,2-4H3. The maximum atomic E-state index is 11.6. The van der Waals surface area contributed by atoms with E-state index in [0.717, 1.165) is 25.7 Å². The van der Waals surface area contributed by atoms with E-state index in [1.54, 1.807) is 0 Å². The van der Waals surface area contributed by atoms with Gasteiger partial charge < -0.3 is 4.74 Å². The summed E-state index contributed by atoms with van der Waals surface area (Å²) in [6.07, 6.45) is 10.2. The average Bonchev–Trinajstić information content (AvgIpc) is 2.16. The monoisotopic (exact) mass is 222 g/mol. The van der Waals surface area contributed by atoms with E-state index in [4.69, 9.17) is 11.2 Å². The van der Waals surface area contributed by atoms with E-state index in [2.05, 4.69) is 5.92 Å². The van der Waals surface area contributed by atoms with Crippen molar-refractivity contribution in [2.75, 3.05) is 0 Å². The van der Waals surface area contributed by atoms with E-state index in [0.29, 0.717) is 18.3 Å². The van der Waals surface area contributed by atoms with Gasteiger partial charge in [0.25, 0.3) is 0 Å². The highest BCUT2D eigenvalue weighted by Gasteiger charge is 2.24. The number of terminal acetylenes is 1. The Bertz CT molecular complexity index is 272. The Balaban J connectivity index is 2.29. The van der Waals surface area contributed by atoms with Crippen molar-refractivity contribution < 1.29 is 9.53 Å². The largest absolute Gasteiger partial charge is 0.460 e. The number of esters is 1. The van der Waals surface area contributed by atoms with Crippen molar-refractivity contribution in [1.29, 1.82) is 0 Å². The highest BCUT2D eigenvalue weighted by molar-refractivity contribution is 5.70. The average molecular weight is 222 g/mol. The molecule has 1 fully saturated rings. The Labute approximate surface area is 98.8 Å². The van der Waals surface area contributed by atoms with Crippen LogP contribution in [0.2, 0.25) is 0 Å². The maximum Gasteiger partial charge on any atom is 0.306 e. The molecule has 0 bridgehead atoms. The van der Waals surface area contributed by atoms with Crippen LogP contribution in [0.4, 0.5) is 0 Å². The van der Waals surface area contributed by atoms with Gasteiger partial charge in [-0.15, -0.1) is 12.3 Å². The molecule has 0 N–H and O–H groups in total. The first kappa shape index (κ1) is 13.1. The van der Waals surface area contributed by atoms with Crippen LogP contribution in [0, 0.1) is 24.2 Å². The van der Waals surface area contributed by atoms with Gasteiger partial charge in [-0.2, -0.15) is 0 Å². The Morgan fingerprint density at radius 2 is 1.88 bits per heavy atom. The van der Waals surface area contributed by atoms with Crippen LogP contribution in [0.1, 0.15) is 52.9 Å². The molecule has 0 amide bonds. The zero-order valence-corrected chi connectivity index (χ0v) is 10.6. The second-order valence-electron chi connectivity index (χ2n) is 5.67. The molecule has 1 aliphatic rings. The van der Waals surface area contributed by atoms with E-state index < -0.39 is 0 Å². The van der Waals surface area contributed by atoms with E-state index in [9.17, 15) is 4.79 Å². The summed E-state index contributed by atoms with van der Waals surface area (Å²) in [5.41, 5.74) is -0.368. The van der Waals surface area contributed by atoms with Gasteiger partial charge in [-0.3, -0.25) is 4.79 Å². The Hall–Kier alpha value is -0.970. The third-order valence-corrected chi connectivity index (χ3v) is 2.96. The molecular weight excluding hydrogens is 200 g/mol. The number of ether oxygens (including phenoxy) is 1. The maximum absolute atomic E-state index is 11.6. The summed E-state index contributed by atoms with van der Waals surface area (Å²) in [6.45, 7) is 5.71. The second-order valence-corrected chi connectivity index (χ2v) is 5.67. The van der Waals surface area contributed by atoms with E-state index in [1.807, 2.05) is 20.8 Å². The van der Waals surface area contributed by atoms with Gasteiger partial charge in [0.1, 0.15) is 5.60 Å². The molecule has 0 unspecified atom stereocenters. The summed E-state index contributed by atoms with van der Waals surface area (Å²) in [5.74, 6) is 3.62. The fourth-order valence-corrected chi connectivity index (χ4v) is 2.15. The van der Waals surface area contributed by atoms with E-state index in [1.165, 1.54) is 0 Å². The lowest BCUT2D eigenvalue weighted by atomic mass is 9.81. The number of hydrogen-bond acceptors (Lipinski definition) is 2. The van der Waals surface area contributed by atoms with E-state index in [-0.39, 0.29) is 11.6 Å². The van der Waals surface area contributed by atoms with Crippen molar-refractivity contribution in [3.05, 3.63) is 0 Å². The fraction of sp³-hybridized carbons (Fsp3) is 0.786. The molecule has 16 heavy (non-hydrogen) atoms. The zero-order valence-electron chi connectivity index (χ0n) is 10.6. The van der Waals surface area contributed by atoms with Gasteiger partial charge >= 0.3 is 5.97 Å². The van der Waals surface area contributed by atoms with Crippen LogP contribution in [0.15, 0.2) is 0 Å². The molecule has 0 heterocycles. The van der Waals surface area contributed by atoms with Crippen LogP contribution < -0.4 is 0 Å². The molecule has 0 aromatic carbocycles. The van der Waals surface area contributed by atoms with Crippen molar-refractivity contribution in [2.24, 2.45) is 11.8 Å². The molecule has 1 saturated carbocycles. The number of carbonyl (C=O) groups is 1. The molecule has 0 radical (unpaired) electrons. The minimum absolute atomic E-state index is 0.0725. The topological polar surface area (TPSA) is 26.3 Å². The molecule has 0 atom stereocenters. The molecule has 0 saturated heterocycles. The molecule has 0 aromatic heterocycles. The third-order valence-electron chi connectivity index (χ3n) is 2.96. The number of rotatable bonds is 2. The highest BCUT2D eigenvalue weighted by atomic mass is 16.6. The van der Waals surface area contributed by atoms with Gasteiger partial charge in [0.15, 0.2) is 0 Å². The zero-order chi connectivity index (χ0) is 12.2. The molecule has 2 heteroatoms. The molecule has 0 aromatic rings. The van der Waals surface area contributed by atoms with Crippen LogP contribution in [0.25, 0.3) is 0 Å². The van der Waals surface area contributed by atoms with Crippen LogP contribution >= 0.6 is 0 Å². The van der Waals surface area contributed by atoms with Gasteiger partial charge in [0, 0.05) is 12.3 Å². The van der Waals surface area contributed by atoms with Crippen molar-refractivity contribution in [2.45, 2.75) is 58.5 Å². The van der Waals surface area contributed by atoms with Crippen molar-refractivity contribution in [3.8, 4) is 12.3 Å². The first-order valence-corrected chi connectivity index (χ1v) is 6.08. The first-order valence-electron chi connectivity index (χ1n) is 6.08. The molecule has 1 aliphatic carbocycles. The predicted octanol–water partition coefficient (Wildman–Crippen LogP) is 3.16. The minimum atomic E-state index is -0.368. The SMILES string of the molecule is C#CC1CCC(CC(=O)OC(C)(C)C)CC1. The van der Waals surface area contributed by atoms with Crippen molar-refractivity contribution in [1.82, 2.24) is 0 Å². The smallest absolute Gasteiger partial charge is 0.306 e. The lowest BCUT2D eigenvalue weighted by Crippen LogP contribution is -2.26. The highest BCUT2D eigenvalue weighted by Crippen LogP contribution is 2.30. The quantitative estimate of drug-likeness (QED) is 0.530. The summed E-state index contributed by atoms with van der Waals surface area (Å²) in [7, 11) is 0. The van der Waals surface area contributed by atoms with Crippen LogP contribution in [-0.4, -0.2) is 11.6 Å². The van der Waals surface area contributed by atoms with Crippen molar-refractivity contribution >= 4 is 5.97 Å². The Kier molecular flexibility index (Phi) is 4.41. The Morgan fingerprint density at radius 1 is 1.31 bits per heavy atom. The third kappa shape index (κ3) is 4.70. The lowest BCUT2D eigenvalue weighted by molar-refractivity contribution is -0.156. The summed E-state index contributed by atoms with van der Waals surface area (Å²) >= 11 is 0. The normalized spacial score (nSPS) is 25.9. The van der Waals surface area contributed by atoms with Gasteiger partial charge in [0.05, 0.1) is 0 Å². The van der Waals surface area contributed by atoms with Crippen LogP contribution in [-0.2, 0) is 9.53 Å². The minimum Gasteiger partial charge on any atom is -0.460 e. The van der Waals surface area contributed by atoms with E-state index >= 15 is 0 Å². The molecule has 0 aliphatic heterocycles. The van der Waals surface area contributed by atoms with Gasteiger partial charge in [-0.05, 0) is 52.4 Å².